The van der Waals surface area contributed by atoms with Gasteiger partial charge in [0, 0.05) is 23.0 Å². The topological polar surface area (TPSA) is 27.1 Å². The third-order valence-electron chi connectivity index (χ3n) is 2.12. The normalized spacial score (nSPS) is 10.4. The van der Waals surface area contributed by atoms with Crippen LogP contribution in [-0.4, -0.2) is 9.78 Å². The fourth-order valence-corrected chi connectivity index (χ4v) is 2.32. The molecule has 0 unspecified atom stereocenters. The van der Waals surface area contributed by atoms with Gasteiger partial charge in [0.05, 0.1) is 12.4 Å². The molecule has 2 aromatic rings. The van der Waals surface area contributed by atoms with Crippen LogP contribution in [0.3, 0.4) is 0 Å². The van der Waals surface area contributed by atoms with E-state index < -0.39 is 0 Å². The predicted octanol–water partition coefficient (Wildman–Crippen LogP) is 3.76. The van der Waals surface area contributed by atoms with Gasteiger partial charge in [0.2, 0.25) is 0 Å². The second-order valence-electron chi connectivity index (χ2n) is 3.30. The smallest absolute Gasteiger partial charge is 0.165 e. The number of alkyl halides is 1. The second kappa shape index (κ2) is 4.89. The quantitative estimate of drug-likeness (QED) is 0.807. The number of aryl methyl sites for hydroxylation is 1. The SMILES string of the molecule is Cn1cc(Oc2cccc(Cl)c2CBr)cn1. The molecule has 0 N–H and O–H groups in total. The summed E-state index contributed by atoms with van der Waals surface area (Å²) in [6.07, 6.45) is 3.47. The van der Waals surface area contributed by atoms with Crippen LogP contribution < -0.4 is 4.74 Å². The molecular weight excluding hydrogens is 291 g/mol. The average molecular weight is 302 g/mol. The van der Waals surface area contributed by atoms with Gasteiger partial charge in [-0.3, -0.25) is 4.68 Å². The second-order valence-corrected chi connectivity index (χ2v) is 4.27. The fraction of sp³-hybridized carbons (Fsp3) is 0.182. The van der Waals surface area contributed by atoms with Crippen molar-refractivity contribution in [1.29, 1.82) is 0 Å². The van der Waals surface area contributed by atoms with E-state index in [0.29, 0.717) is 16.1 Å². The Balaban J connectivity index is 2.30. The largest absolute Gasteiger partial charge is 0.454 e. The van der Waals surface area contributed by atoms with Gasteiger partial charge >= 0.3 is 0 Å². The zero-order valence-corrected chi connectivity index (χ0v) is 11.0. The molecule has 0 aliphatic heterocycles. The molecule has 1 aromatic heterocycles. The van der Waals surface area contributed by atoms with Gasteiger partial charge in [-0.25, -0.2) is 0 Å². The highest BCUT2D eigenvalue weighted by Crippen LogP contribution is 2.31. The Labute approximate surface area is 107 Å². The Morgan fingerprint density at radius 2 is 2.31 bits per heavy atom. The van der Waals surface area contributed by atoms with E-state index in [4.69, 9.17) is 16.3 Å². The summed E-state index contributed by atoms with van der Waals surface area (Å²) in [5.74, 6) is 1.45. The molecule has 0 bridgehead atoms. The van der Waals surface area contributed by atoms with Crippen LogP contribution in [0.5, 0.6) is 11.5 Å². The van der Waals surface area contributed by atoms with Gasteiger partial charge in [0.25, 0.3) is 0 Å². The van der Waals surface area contributed by atoms with E-state index >= 15 is 0 Å². The van der Waals surface area contributed by atoms with Crippen molar-refractivity contribution in [2.45, 2.75) is 5.33 Å². The molecule has 16 heavy (non-hydrogen) atoms. The van der Waals surface area contributed by atoms with Gasteiger partial charge in [-0.05, 0) is 12.1 Å². The monoisotopic (exact) mass is 300 g/mol. The Hall–Kier alpha value is -1.00. The number of benzene rings is 1. The van der Waals surface area contributed by atoms with Gasteiger partial charge in [0.15, 0.2) is 5.75 Å². The molecule has 0 aliphatic carbocycles. The zero-order valence-electron chi connectivity index (χ0n) is 8.65. The van der Waals surface area contributed by atoms with Crippen LogP contribution in [0.1, 0.15) is 5.56 Å². The lowest BCUT2D eigenvalue weighted by atomic mass is 10.2. The van der Waals surface area contributed by atoms with Crippen LogP contribution in [-0.2, 0) is 12.4 Å². The predicted molar refractivity (Wildman–Crippen MR) is 67.4 cm³/mol. The lowest BCUT2D eigenvalue weighted by Gasteiger charge is -2.08. The highest BCUT2D eigenvalue weighted by molar-refractivity contribution is 9.08. The minimum atomic E-state index is 0.655. The molecule has 3 nitrogen and oxygen atoms in total. The number of halogens is 2. The summed E-state index contributed by atoms with van der Waals surface area (Å²) in [6.45, 7) is 0. The van der Waals surface area contributed by atoms with Crippen molar-refractivity contribution in [1.82, 2.24) is 9.78 Å². The molecule has 0 radical (unpaired) electrons. The molecule has 0 amide bonds. The number of aromatic nitrogens is 2. The number of hydrogen-bond acceptors (Lipinski definition) is 2. The highest BCUT2D eigenvalue weighted by Gasteiger charge is 2.08. The lowest BCUT2D eigenvalue weighted by molar-refractivity contribution is 0.478. The van der Waals surface area contributed by atoms with Crippen molar-refractivity contribution in [3.05, 3.63) is 41.2 Å². The van der Waals surface area contributed by atoms with E-state index in [1.54, 1.807) is 17.1 Å². The van der Waals surface area contributed by atoms with E-state index in [2.05, 4.69) is 21.0 Å². The van der Waals surface area contributed by atoms with Gasteiger partial charge in [-0.1, -0.05) is 33.6 Å². The van der Waals surface area contributed by atoms with E-state index in [9.17, 15) is 0 Å². The first-order valence-electron chi connectivity index (χ1n) is 4.70. The summed E-state index contributed by atoms with van der Waals surface area (Å²) in [5, 5.41) is 5.39. The molecule has 5 heteroatoms. The van der Waals surface area contributed by atoms with Gasteiger partial charge in [-0.2, -0.15) is 5.10 Å². The maximum Gasteiger partial charge on any atom is 0.165 e. The van der Waals surface area contributed by atoms with E-state index in [1.807, 2.05) is 25.2 Å². The third-order valence-corrected chi connectivity index (χ3v) is 3.03. The molecule has 2 rings (SSSR count). The molecule has 1 aromatic carbocycles. The van der Waals surface area contributed by atoms with Gasteiger partial charge < -0.3 is 4.74 Å². The van der Waals surface area contributed by atoms with Gasteiger partial charge in [-0.15, -0.1) is 0 Å². The molecule has 0 aliphatic rings. The number of ether oxygens (including phenoxy) is 1. The van der Waals surface area contributed by atoms with Crippen LogP contribution in [0, 0.1) is 0 Å². The first-order valence-corrected chi connectivity index (χ1v) is 6.20. The Morgan fingerprint density at radius 1 is 1.50 bits per heavy atom. The van der Waals surface area contributed by atoms with Crippen molar-refractivity contribution in [3.8, 4) is 11.5 Å². The maximum atomic E-state index is 6.07. The highest BCUT2D eigenvalue weighted by atomic mass is 79.9. The van der Waals surface area contributed by atoms with Crippen molar-refractivity contribution >= 4 is 27.5 Å². The van der Waals surface area contributed by atoms with Crippen LogP contribution >= 0.6 is 27.5 Å². The fourth-order valence-electron chi connectivity index (χ4n) is 1.34. The maximum absolute atomic E-state index is 6.07. The molecule has 84 valence electrons. The Bertz CT molecular complexity index is 498. The number of nitrogens with zero attached hydrogens (tertiary/aromatic N) is 2. The summed E-state index contributed by atoms with van der Waals surface area (Å²) < 4.78 is 7.39. The van der Waals surface area contributed by atoms with Crippen LogP contribution in [0.25, 0.3) is 0 Å². The molecular formula is C11H10BrClN2O. The van der Waals surface area contributed by atoms with E-state index in [0.717, 1.165) is 11.3 Å². The molecule has 0 saturated carbocycles. The summed E-state index contributed by atoms with van der Waals surface area (Å²) >= 11 is 9.46. The van der Waals surface area contributed by atoms with Crippen LogP contribution in [0.15, 0.2) is 30.6 Å². The summed E-state index contributed by atoms with van der Waals surface area (Å²) in [6, 6.07) is 5.59. The summed E-state index contributed by atoms with van der Waals surface area (Å²) in [4.78, 5) is 0. The zero-order chi connectivity index (χ0) is 11.5. The minimum absolute atomic E-state index is 0.655. The number of hydrogen-bond donors (Lipinski definition) is 0. The first-order chi connectivity index (χ1) is 7.70. The van der Waals surface area contributed by atoms with Gasteiger partial charge in [0.1, 0.15) is 5.75 Å². The van der Waals surface area contributed by atoms with Crippen molar-refractivity contribution in [3.63, 3.8) is 0 Å². The third kappa shape index (κ3) is 2.39. The average Bonchev–Trinajstić information content (AvgIpc) is 2.64. The van der Waals surface area contributed by atoms with Crippen LogP contribution in [0.4, 0.5) is 0 Å². The Kier molecular flexibility index (Phi) is 3.51. The molecule has 1 heterocycles. The molecule has 0 atom stereocenters. The Morgan fingerprint density at radius 3 is 2.94 bits per heavy atom. The summed E-state index contributed by atoms with van der Waals surface area (Å²) in [7, 11) is 1.84. The molecule has 0 saturated heterocycles. The molecule has 0 spiro atoms. The standard InChI is InChI=1S/C11H10BrClN2O/c1-15-7-8(6-14-15)16-11-4-2-3-10(13)9(11)5-12/h2-4,6-7H,5H2,1H3. The van der Waals surface area contributed by atoms with Crippen LogP contribution in [0.2, 0.25) is 5.02 Å². The van der Waals surface area contributed by atoms with E-state index in [-0.39, 0.29) is 0 Å². The number of rotatable bonds is 3. The minimum Gasteiger partial charge on any atom is -0.454 e. The van der Waals surface area contributed by atoms with E-state index in [1.165, 1.54) is 0 Å². The summed E-state index contributed by atoms with van der Waals surface area (Å²) in [5.41, 5.74) is 0.938. The van der Waals surface area contributed by atoms with Crippen molar-refractivity contribution < 1.29 is 4.74 Å². The lowest BCUT2D eigenvalue weighted by Crippen LogP contribution is -1.89. The molecule has 0 fully saturated rings. The van der Waals surface area contributed by atoms with Crippen molar-refractivity contribution in [2.75, 3.05) is 0 Å². The van der Waals surface area contributed by atoms with Crippen molar-refractivity contribution in [2.24, 2.45) is 7.05 Å². The first kappa shape index (κ1) is 11.5.